The van der Waals surface area contributed by atoms with Gasteiger partial charge in [-0.2, -0.15) is 0 Å². The van der Waals surface area contributed by atoms with Crippen molar-refractivity contribution in [3.8, 4) is 5.75 Å². The van der Waals surface area contributed by atoms with Gasteiger partial charge in [0.25, 0.3) is 0 Å². The van der Waals surface area contributed by atoms with E-state index >= 15 is 0 Å². The summed E-state index contributed by atoms with van der Waals surface area (Å²) in [6, 6.07) is 14.2. The monoisotopic (exact) mass is 381 g/mol. The quantitative estimate of drug-likeness (QED) is 0.774. The van der Waals surface area contributed by atoms with Gasteiger partial charge < -0.3 is 15.4 Å². The lowest BCUT2D eigenvalue weighted by Crippen LogP contribution is -2.40. The van der Waals surface area contributed by atoms with Crippen LogP contribution in [0.2, 0.25) is 0 Å². The van der Waals surface area contributed by atoms with E-state index in [0.29, 0.717) is 11.4 Å². The van der Waals surface area contributed by atoms with E-state index in [9.17, 15) is 9.59 Å². The van der Waals surface area contributed by atoms with Crippen molar-refractivity contribution >= 4 is 17.5 Å². The molecular weight excluding hydrogens is 354 g/mol. The maximum atomic E-state index is 12.3. The summed E-state index contributed by atoms with van der Waals surface area (Å²) in [5.74, 6) is 0.134. The van der Waals surface area contributed by atoms with Crippen LogP contribution in [0.4, 0.5) is 5.69 Å². The number of aryl methyl sites for hydroxylation is 2. The number of hydrogen-bond donors (Lipinski definition) is 2. The predicted molar refractivity (Wildman–Crippen MR) is 110 cm³/mol. The molecule has 0 aliphatic heterocycles. The van der Waals surface area contributed by atoms with Crippen LogP contribution in [0.3, 0.4) is 0 Å². The Hall–Kier alpha value is -2.86. The number of carbonyl (C=O) groups excluding carboxylic acids is 2. The lowest BCUT2D eigenvalue weighted by Gasteiger charge is -2.24. The van der Waals surface area contributed by atoms with Crippen molar-refractivity contribution in [2.75, 3.05) is 32.6 Å². The first-order chi connectivity index (χ1) is 13.5. The van der Waals surface area contributed by atoms with E-state index in [4.69, 9.17) is 4.74 Å². The van der Waals surface area contributed by atoms with Crippen LogP contribution in [0.25, 0.3) is 0 Å². The standard InChI is InChI=1S/C22H27N3O3/c1-15-8-11-20(28-3)18(12-15)24-21(26)13-23-22(27)14-25(2)19-10-9-16-6-4-5-7-17(16)19/h4-8,11-12,19H,9-10,13-14H2,1-3H3,(H,23,27)(H,24,26). The minimum absolute atomic E-state index is 0.0784. The number of anilines is 1. The first-order valence-corrected chi connectivity index (χ1v) is 9.47. The molecule has 6 nitrogen and oxygen atoms in total. The lowest BCUT2D eigenvalue weighted by molar-refractivity contribution is -0.125. The zero-order chi connectivity index (χ0) is 20.1. The van der Waals surface area contributed by atoms with Crippen molar-refractivity contribution in [1.82, 2.24) is 10.2 Å². The third kappa shape index (κ3) is 4.70. The van der Waals surface area contributed by atoms with Gasteiger partial charge in [0.05, 0.1) is 25.9 Å². The highest BCUT2D eigenvalue weighted by Gasteiger charge is 2.26. The summed E-state index contributed by atoms with van der Waals surface area (Å²) in [6.07, 6.45) is 2.05. The van der Waals surface area contributed by atoms with E-state index in [1.807, 2.05) is 37.1 Å². The molecule has 0 saturated carbocycles. The highest BCUT2D eigenvalue weighted by molar-refractivity contribution is 5.96. The third-order valence-electron chi connectivity index (χ3n) is 5.10. The maximum Gasteiger partial charge on any atom is 0.243 e. The van der Waals surface area contributed by atoms with Crippen LogP contribution in [0.5, 0.6) is 5.75 Å². The molecule has 0 fully saturated rings. The number of methoxy groups -OCH3 is 1. The van der Waals surface area contributed by atoms with E-state index < -0.39 is 0 Å². The van der Waals surface area contributed by atoms with Gasteiger partial charge in [0, 0.05) is 6.04 Å². The highest BCUT2D eigenvalue weighted by atomic mass is 16.5. The second-order valence-corrected chi connectivity index (χ2v) is 7.20. The molecule has 28 heavy (non-hydrogen) atoms. The van der Waals surface area contributed by atoms with Crippen molar-refractivity contribution in [3.63, 3.8) is 0 Å². The molecule has 0 bridgehead atoms. The molecule has 0 spiro atoms. The van der Waals surface area contributed by atoms with E-state index in [1.54, 1.807) is 13.2 Å². The summed E-state index contributed by atoms with van der Waals surface area (Å²) >= 11 is 0. The van der Waals surface area contributed by atoms with Gasteiger partial charge in [-0.05, 0) is 55.6 Å². The fraction of sp³-hybridized carbons (Fsp3) is 0.364. The van der Waals surface area contributed by atoms with E-state index in [1.165, 1.54) is 11.1 Å². The summed E-state index contributed by atoms with van der Waals surface area (Å²) in [6.45, 7) is 2.11. The first kappa shape index (κ1) is 19.9. The summed E-state index contributed by atoms with van der Waals surface area (Å²) < 4.78 is 5.26. The molecule has 2 aromatic carbocycles. The Bertz CT molecular complexity index is 866. The number of rotatable bonds is 7. The van der Waals surface area contributed by atoms with Gasteiger partial charge in [-0.3, -0.25) is 14.5 Å². The average molecular weight is 381 g/mol. The molecular formula is C22H27N3O3. The number of likely N-dealkylation sites (N-methyl/N-ethyl adjacent to an activating group) is 1. The van der Waals surface area contributed by atoms with Gasteiger partial charge in [-0.25, -0.2) is 0 Å². The zero-order valence-electron chi connectivity index (χ0n) is 16.6. The molecule has 1 atom stereocenters. The maximum absolute atomic E-state index is 12.3. The smallest absolute Gasteiger partial charge is 0.243 e. The largest absolute Gasteiger partial charge is 0.495 e. The number of hydrogen-bond acceptors (Lipinski definition) is 4. The summed E-state index contributed by atoms with van der Waals surface area (Å²) in [5, 5.41) is 5.49. The number of amides is 2. The Labute approximate surface area is 165 Å². The van der Waals surface area contributed by atoms with Crippen molar-refractivity contribution < 1.29 is 14.3 Å². The molecule has 2 N–H and O–H groups in total. The first-order valence-electron chi connectivity index (χ1n) is 9.47. The van der Waals surface area contributed by atoms with Gasteiger partial charge in [0.2, 0.25) is 11.8 Å². The number of nitrogens with zero attached hydrogens (tertiary/aromatic N) is 1. The Morgan fingerprint density at radius 1 is 1.18 bits per heavy atom. The number of benzene rings is 2. The van der Waals surface area contributed by atoms with Gasteiger partial charge in [-0.1, -0.05) is 30.3 Å². The normalized spacial score (nSPS) is 15.2. The molecule has 1 unspecified atom stereocenters. The molecule has 0 aromatic heterocycles. The number of nitrogens with one attached hydrogen (secondary N) is 2. The summed E-state index contributed by atoms with van der Waals surface area (Å²) in [7, 11) is 3.50. The number of carbonyl (C=O) groups is 2. The molecule has 2 aromatic rings. The highest BCUT2D eigenvalue weighted by Crippen LogP contribution is 2.34. The fourth-order valence-electron chi connectivity index (χ4n) is 3.68. The molecule has 6 heteroatoms. The SMILES string of the molecule is COc1ccc(C)cc1NC(=O)CNC(=O)CN(C)C1CCc2ccccc21. The van der Waals surface area contributed by atoms with Crippen LogP contribution >= 0.6 is 0 Å². The van der Waals surface area contributed by atoms with Gasteiger partial charge in [0.15, 0.2) is 0 Å². The predicted octanol–water partition coefficient (Wildman–Crippen LogP) is 2.68. The molecule has 2 amide bonds. The number of fused-ring (bicyclic) bond motifs is 1. The van der Waals surface area contributed by atoms with Gasteiger partial charge in [0.1, 0.15) is 5.75 Å². The summed E-state index contributed by atoms with van der Waals surface area (Å²) in [4.78, 5) is 26.6. The van der Waals surface area contributed by atoms with Crippen molar-refractivity contribution in [2.24, 2.45) is 0 Å². The molecule has 1 aliphatic rings. The summed E-state index contributed by atoms with van der Waals surface area (Å²) in [5.41, 5.74) is 4.26. The van der Waals surface area contributed by atoms with Crippen LogP contribution in [0, 0.1) is 6.92 Å². The van der Waals surface area contributed by atoms with E-state index in [0.717, 1.165) is 18.4 Å². The zero-order valence-corrected chi connectivity index (χ0v) is 16.6. The second-order valence-electron chi connectivity index (χ2n) is 7.20. The van der Waals surface area contributed by atoms with Crippen LogP contribution in [0.15, 0.2) is 42.5 Å². The third-order valence-corrected chi connectivity index (χ3v) is 5.10. The average Bonchev–Trinajstić information content (AvgIpc) is 3.11. The van der Waals surface area contributed by atoms with E-state index in [-0.39, 0.29) is 30.9 Å². The Morgan fingerprint density at radius 3 is 2.75 bits per heavy atom. The molecule has 0 heterocycles. The lowest BCUT2D eigenvalue weighted by atomic mass is 10.1. The van der Waals surface area contributed by atoms with Crippen LogP contribution < -0.4 is 15.4 Å². The number of ether oxygens (including phenoxy) is 1. The van der Waals surface area contributed by atoms with Crippen LogP contribution in [-0.2, 0) is 16.0 Å². The second kappa shape index (κ2) is 8.89. The molecule has 0 radical (unpaired) electrons. The topological polar surface area (TPSA) is 70.7 Å². The van der Waals surface area contributed by atoms with Crippen molar-refractivity contribution in [3.05, 3.63) is 59.2 Å². The molecule has 3 rings (SSSR count). The van der Waals surface area contributed by atoms with Crippen molar-refractivity contribution in [2.45, 2.75) is 25.8 Å². The Balaban J connectivity index is 1.49. The molecule has 148 valence electrons. The minimum atomic E-state index is -0.286. The van der Waals surface area contributed by atoms with E-state index in [2.05, 4.69) is 28.8 Å². The van der Waals surface area contributed by atoms with Crippen LogP contribution in [-0.4, -0.2) is 44.0 Å². The fourth-order valence-corrected chi connectivity index (χ4v) is 3.68. The molecule has 1 aliphatic carbocycles. The molecule has 0 saturated heterocycles. The minimum Gasteiger partial charge on any atom is -0.495 e. The Morgan fingerprint density at radius 2 is 1.96 bits per heavy atom. The van der Waals surface area contributed by atoms with Crippen molar-refractivity contribution in [1.29, 1.82) is 0 Å². The van der Waals surface area contributed by atoms with Gasteiger partial charge in [-0.15, -0.1) is 0 Å². The van der Waals surface area contributed by atoms with Gasteiger partial charge >= 0.3 is 0 Å². The Kier molecular flexibility index (Phi) is 6.31. The van der Waals surface area contributed by atoms with Crippen LogP contribution in [0.1, 0.15) is 29.2 Å².